The van der Waals surface area contributed by atoms with Gasteiger partial charge in [-0.05, 0) is 36.4 Å². The van der Waals surface area contributed by atoms with Crippen LogP contribution in [0.4, 0.5) is 0 Å². The number of epoxide rings is 1. The third kappa shape index (κ3) is 3.49. The standard InChI is InChI=1S/C12H8N2O.C10H8N2.Os/c1-3-7-9(13-5-1)10-8(4-2-6-14-10)12-11(7)15-12;1-3-7-11-9(5-1)10-6-2-4-8-12-10;/h1-6,11-12H;1-8H;. The van der Waals surface area contributed by atoms with Crippen LogP contribution < -0.4 is 0 Å². The van der Waals surface area contributed by atoms with E-state index in [9.17, 15) is 0 Å². The molecule has 2 unspecified atom stereocenters. The van der Waals surface area contributed by atoms with E-state index < -0.39 is 0 Å². The molecule has 4 aromatic heterocycles. The summed E-state index contributed by atoms with van der Waals surface area (Å²) in [4.78, 5) is 17.2. The van der Waals surface area contributed by atoms with Crippen LogP contribution in [0, 0.1) is 0 Å². The molecule has 0 spiro atoms. The molecule has 6 heteroatoms. The van der Waals surface area contributed by atoms with Crippen LogP contribution in [0.1, 0.15) is 23.3 Å². The molecule has 1 saturated heterocycles. The minimum atomic E-state index is 0. The van der Waals surface area contributed by atoms with Crippen LogP contribution in [0.25, 0.3) is 22.8 Å². The van der Waals surface area contributed by atoms with Gasteiger partial charge in [0.15, 0.2) is 0 Å². The van der Waals surface area contributed by atoms with Crippen molar-refractivity contribution in [3.63, 3.8) is 0 Å². The molecule has 1 aliphatic heterocycles. The summed E-state index contributed by atoms with van der Waals surface area (Å²) in [6.45, 7) is 0. The Morgan fingerprint density at radius 1 is 0.536 bits per heavy atom. The van der Waals surface area contributed by atoms with Crippen molar-refractivity contribution in [2.45, 2.75) is 12.2 Å². The van der Waals surface area contributed by atoms with Gasteiger partial charge in [0.2, 0.25) is 0 Å². The summed E-state index contributed by atoms with van der Waals surface area (Å²) < 4.78 is 5.65. The smallest absolute Gasteiger partial charge is 0.116 e. The molecular formula is C22H16N4OOs. The third-order valence-electron chi connectivity index (χ3n) is 4.60. The largest absolute Gasteiger partial charge is 0.359 e. The number of hydrogen-bond acceptors (Lipinski definition) is 5. The molecule has 0 N–H and O–H groups in total. The normalized spacial score (nSPS) is 17.6. The molecular weight excluding hydrogens is 526 g/mol. The first kappa shape index (κ1) is 18.6. The predicted molar refractivity (Wildman–Crippen MR) is 102 cm³/mol. The minimum Gasteiger partial charge on any atom is -0.359 e. The Labute approximate surface area is 175 Å². The summed E-state index contributed by atoms with van der Waals surface area (Å²) >= 11 is 0. The van der Waals surface area contributed by atoms with Crippen LogP contribution in [0.2, 0.25) is 0 Å². The maximum atomic E-state index is 5.65. The van der Waals surface area contributed by atoms with E-state index in [1.54, 1.807) is 24.8 Å². The number of aromatic nitrogens is 4. The van der Waals surface area contributed by atoms with E-state index in [1.165, 1.54) is 11.1 Å². The van der Waals surface area contributed by atoms with Crippen molar-refractivity contribution in [2.24, 2.45) is 0 Å². The van der Waals surface area contributed by atoms with E-state index in [0.29, 0.717) is 0 Å². The summed E-state index contributed by atoms with van der Waals surface area (Å²) in [6.07, 6.45) is 7.57. The second kappa shape index (κ2) is 8.06. The molecule has 1 aliphatic carbocycles. The minimum absolute atomic E-state index is 0. The molecule has 2 atom stereocenters. The topological polar surface area (TPSA) is 64.1 Å². The molecule has 5 heterocycles. The van der Waals surface area contributed by atoms with E-state index in [2.05, 4.69) is 32.1 Å². The second-order valence-corrected chi connectivity index (χ2v) is 6.29. The summed E-state index contributed by atoms with van der Waals surface area (Å²) in [5, 5.41) is 0. The number of pyridine rings is 4. The summed E-state index contributed by atoms with van der Waals surface area (Å²) in [7, 11) is 0. The zero-order valence-corrected chi connectivity index (χ0v) is 17.3. The van der Waals surface area contributed by atoms with Crippen LogP contribution in [0.5, 0.6) is 0 Å². The van der Waals surface area contributed by atoms with Crippen molar-refractivity contribution >= 4 is 0 Å². The van der Waals surface area contributed by atoms with Gasteiger partial charge in [-0.15, -0.1) is 0 Å². The second-order valence-electron chi connectivity index (χ2n) is 6.29. The molecule has 4 aromatic rings. The summed E-state index contributed by atoms with van der Waals surface area (Å²) in [6, 6.07) is 19.6. The Hall–Kier alpha value is -2.80. The van der Waals surface area contributed by atoms with E-state index in [4.69, 9.17) is 4.74 Å². The van der Waals surface area contributed by atoms with Crippen molar-refractivity contribution in [1.29, 1.82) is 0 Å². The fourth-order valence-electron chi connectivity index (χ4n) is 3.30. The van der Waals surface area contributed by atoms with Crippen LogP contribution in [-0.4, -0.2) is 19.9 Å². The van der Waals surface area contributed by atoms with Gasteiger partial charge in [0.05, 0.1) is 22.8 Å². The molecule has 0 radical (unpaired) electrons. The number of hydrogen-bond donors (Lipinski definition) is 0. The average Bonchev–Trinajstić information content (AvgIpc) is 3.57. The first-order valence-corrected chi connectivity index (χ1v) is 8.80. The van der Waals surface area contributed by atoms with Crippen LogP contribution >= 0.6 is 0 Å². The van der Waals surface area contributed by atoms with Crippen molar-refractivity contribution in [2.75, 3.05) is 0 Å². The Morgan fingerprint density at radius 3 is 1.43 bits per heavy atom. The van der Waals surface area contributed by atoms with Crippen molar-refractivity contribution < 1.29 is 24.5 Å². The van der Waals surface area contributed by atoms with Crippen molar-refractivity contribution in [3.8, 4) is 22.8 Å². The van der Waals surface area contributed by atoms with Gasteiger partial charge in [0.25, 0.3) is 0 Å². The molecule has 6 rings (SSSR count). The van der Waals surface area contributed by atoms with E-state index >= 15 is 0 Å². The molecule has 0 aromatic carbocycles. The SMILES string of the molecule is [Os].c1ccc(-c2ccccn2)nc1.c1cnc2c(c1)C1OC1c1cccnc1-2. The molecule has 0 bridgehead atoms. The van der Waals surface area contributed by atoms with Gasteiger partial charge in [-0.3, -0.25) is 19.9 Å². The van der Waals surface area contributed by atoms with E-state index in [-0.39, 0.29) is 32.0 Å². The van der Waals surface area contributed by atoms with Gasteiger partial charge >= 0.3 is 0 Å². The van der Waals surface area contributed by atoms with Gasteiger partial charge in [0, 0.05) is 55.7 Å². The van der Waals surface area contributed by atoms with Crippen molar-refractivity contribution in [3.05, 3.63) is 96.6 Å². The Bertz CT molecular complexity index is 989. The van der Waals surface area contributed by atoms with Crippen molar-refractivity contribution in [1.82, 2.24) is 19.9 Å². The first-order chi connectivity index (χ1) is 13.4. The van der Waals surface area contributed by atoms with Gasteiger partial charge < -0.3 is 4.74 Å². The van der Waals surface area contributed by atoms with E-state index in [1.807, 2.05) is 48.5 Å². The monoisotopic (exact) mass is 544 g/mol. The van der Waals surface area contributed by atoms with Crippen LogP contribution in [0.15, 0.2) is 85.5 Å². The first-order valence-electron chi connectivity index (χ1n) is 8.80. The molecule has 28 heavy (non-hydrogen) atoms. The number of fused-ring (bicyclic) bond motifs is 6. The summed E-state index contributed by atoms with van der Waals surface area (Å²) in [5.41, 5.74) is 6.14. The number of rotatable bonds is 1. The maximum absolute atomic E-state index is 5.65. The molecule has 5 nitrogen and oxygen atoms in total. The molecule has 2 aliphatic rings. The fourth-order valence-corrected chi connectivity index (χ4v) is 3.30. The quantitative estimate of drug-likeness (QED) is 0.334. The number of nitrogens with zero attached hydrogens (tertiary/aromatic N) is 4. The Balaban J connectivity index is 0.000000136. The molecule has 138 valence electrons. The number of ether oxygens (including phenoxy) is 1. The van der Waals surface area contributed by atoms with Gasteiger partial charge in [-0.1, -0.05) is 24.3 Å². The van der Waals surface area contributed by atoms with E-state index in [0.717, 1.165) is 22.8 Å². The van der Waals surface area contributed by atoms with Crippen LogP contribution in [0.3, 0.4) is 0 Å². The predicted octanol–water partition coefficient (Wildman–Crippen LogP) is 4.41. The zero-order chi connectivity index (χ0) is 18.1. The Morgan fingerprint density at radius 2 is 1.00 bits per heavy atom. The van der Waals surface area contributed by atoms with Crippen LogP contribution in [-0.2, 0) is 24.5 Å². The van der Waals surface area contributed by atoms with Gasteiger partial charge in [0.1, 0.15) is 12.2 Å². The maximum Gasteiger partial charge on any atom is 0.116 e. The molecule has 0 amide bonds. The summed E-state index contributed by atoms with van der Waals surface area (Å²) in [5.74, 6) is 0. The molecule has 0 saturated carbocycles. The fraction of sp³-hybridized carbons (Fsp3) is 0.0909. The molecule has 1 fully saturated rings. The van der Waals surface area contributed by atoms with Gasteiger partial charge in [-0.25, -0.2) is 0 Å². The average molecular weight is 543 g/mol. The zero-order valence-electron chi connectivity index (χ0n) is 14.8. The van der Waals surface area contributed by atoms with Gasteiger partial charge in [-0.2, -0.15) is 0 Å². The Kier molecular flexibility index (Phi) is 5.34. The third-order valence-corrected chi connectivity index (χ3v) is 4.60.